The normalized spacial score (nSPS) is 23.9. The Hall–Kier alpha value is -4.37. The van der Waals surface area contributed by atoms with E-state index >= 15 is 0 Å². The molecule has 1 spiro atoms. The Balaban J connectivity index is 1.15. The molecule has 0 radical (unpaired) electrons. The fraction of sp³-hybridized carbons (Fsp3) is 0.548. The first-order chi connectivity index (χ1) is 23.9. The molecule has 0 unspecified atom stereocenters. The average Bonchev–Trinajstić information content (AvgIpc) is 3.50. The molecule has 18 nitrogen and oxygen atoms in total. The van der Waals surface area contributed by atoms with Crippen molar-refractivity contribution in [3.63, 3.8) is 0 Å². The number of rotatable bonds is 11. The molecule has 1 saturated carbocycles. The summed E-state index contributed by atoms with van der Waals surface area (Å²) in [6, 6.07) is 4.21. The average molecular weight is 749 g/mol. The van der Waals surface area contributed by atoms with Crippen molar-refractivity contribution < 1.29 is 46.3 Å². The number of nitrogens with one attached hydrogen (secondary N) is 4. The number of fused-ring (bicyclic) bond motifs is 1. The Morgan fingerprint density at radius 3 is 2.57 bits per heavy atom. The van der Waals surface area contributed by atoms with Crippen LogP contribution in [0.5, 0.6) is 5.75 Å². The monoisotopic (exact) mass is 748 g/mol. The van der Waals surface area contributed by atoms with Crippen LogP contribution >= 0.6 is 11.3 Å². The molecule has 20 heteroatoms. The van der Waals surface area contributed by atoms with Crippen LogP contribution in [0.25, 0.3) is 0 Å². The Labute approximate surface area is 297 Å². The molecule has 4 aliphatic rings. The second-order valence-electron chi connectivity index (χ2n) is 14.1. The van der Waals surface area contributed by atoms with E-state index in [1.165, 1.54) is 26.2 Å². The van der Waals surface area contributed by atoms with Crippen LogP contribution in [0.2, 0.25) is 0 Å². The lowest BCUT2D eigenvalue weighted by atomic mass is 9.60. The number of anilines is 1. The number of aryl methyl sites for hydroxylation is 1. The molecule has 1 aliphatic carbocycles. The number of carboxylic acid groups (broad SMARTS) is 1. The Morgan fingerprint density at radius 2 is 1.96 bits per heavy atom. The molecule has 1 aromatic heterocycles. The summed E-state index contributed by atoms with van der Waals surface area (Å²) in [5.74, 6) is -2.69. The zero-order valence-corrected chi connectivity index (χ0v) is 29.7. The maximum atomic E-state index is 13.5. The predicted molar refractivity (Wildman–Crippen MR) is 182 cm³/mol. The van der Waals surface area contributed by atoms with Crippen molar-refractivity contribution in [3.05, 3.63) is 40.4 Å². The van der Waals surface area contributed by atoms with Gasteiger partial charge >= 0.3 is 16.4 Å². The van der Waals surface area contributed by atoms with Gasteiger partial charge in [-0.2, -0.15) is 13.5 Å². The smallest absolute Gasteiger partial charge is 0.418 e. The highest BCUT2D eigenvalue weighted by atomic mass is 32.3. The summed E-state index contributed by atoms with van der Waals surface area (Å²) in [4.78, 5) is 48.5. The first-order valence-electron chi connectivity index (χ1n) is 16.3. The number of carbonyl (C=O) groups excluding carboxylic acids is 2. The third-order valence-electron chi connectivity index (χ3n) is 10.1. The highest BCUT2D eigenvalue weighted by Crippen LogP contribution is 2.48. The number of β-lactam (4-membered cyclic amide) rings is 1. The molecule has 3 atom stereocenters. The van der Waals surface area contributed by atoms with Gasteiger partial charge in [-0.25, -0.2) is 9.78 Å². The lowest BCUT2D eigenvalue weighted by Gasteiger charge is -2.50. The molecule has 6 rings (SSSR count). The number of aliphatic carboxylic acids is 1. The van der Waals surface area contributed by atoms with Gasteiger partial charge in [0.15, 0.2) is 16.9 Å². The molecule has 2 amide bonds. The van der Waals surface area contributed by atoms with Crippen molar-refractivity contribution in [2.45, 2.75) is 88.6 Å². The minimum atomic E-state index is -5.03. The van der Waals surface area contributed by atoms with Crippen molar-refractivity contribution in [2.24, 2.45) is 10.6 Å². The minimum Gasteiger partial charge on any atom is -0.485 e. The molecule has 276 valence electrons. The number of hydrogen-bond acceptors (Lipinski definition) is 14. The van der Waals surface area contributed by atoms with E-state index in [4.69, 9.17) is 25.3 Å². The van der Waals surface area contributed by atoms with Gasteiger partial charge in [0.05, 0.1) is 5.54 Å². The molecule has 4 heterocycles. The second kappa shape index (κ2) is 13.3. The fourth-order valence-electron chi connectivity index (χ4n) is 7.07. The summed E-state index contributed by atoms with van der Waals surface area (Å²) in [6.07, 6.45) is 3.96. The van der Waals surface area contributed by atoms with Crippen molar-refractivity contribution in [1.82, 2.24) is 26.0 Å². The van der Waals surface area contributed by atoms with Crippen LogP contribution < -0.4 is 26.4 Å². The van der Waals surface area contributed by atoms with E-state index in [-0.39, 0.29) is 23.3 Å². The molecule has 2 saturated heterocycles. The number of oxime groups is 1. The maximum Gasteiger partial charge on any atom is 0.418 e. The number of aromatic nitrogens is 1. The van der Waals surface area contributed by atoms with E-state index in [9.17, 15) is 27.9 Å². The molecule has 51 heavy (non-hydrogen) atoms. The SMILES string of the molecule is CC1(C)[C@H](NC(=O)/C(=N\O[C@](C)(C(=O)O)[C@H]2CCc3cc(C(=N)NC4CC5(CCNCC5)C4)ccc3O2)c2csc(N)n2)C(=O)N1OS(=O)(=O)O. The third kappa shape index (κ3) is 7.23. The van der Waals surface area contributed by atoms with Gasteiger partial charge < -0.3 is 36.4 Å². The highest BCUT2D eigenvalue weighted by molar-refractivity contribution is 7.80. The Kier molecular flexibility index (Phi) is 9.51. The number of benzene rings is 1. The number of amidine groups is 1. The summed E-state index contributed by atoms with van der Waals surface area (Å²) in [7, 11) is -5.03. The zero-order chi connectivity index (χ0) is 36.9. The summed E-state index contributed by atoms with van der Waals surface area (Å²) >= 11 is 0.969. The first kappa shape index (κ1) is 36.4. The van der Waals surface area contributed by atoms with E-state index in [0.717, 1.165) is 55.7 Å². The summed E-state index contributed by atoms with van der Waals surface area (Å²) in [5, 5.41) is 33.9. The van der Waals surface area contributed by atoms with Crippen molar-refractivity contribution in [3.8, 4) is 5.75 Å². The summed E-state index contributed by atoms with van der Waals surface area (Å²) < 4.78 is 41.8. The van der Waals surface area contributed by atoms with Crippen LogP contribution in [0.4, 0.5) is 5.13 Å². The molecule has 0 bridgehead atoms. The van der Waals surface area contributed by atoms with Gasteiger partial charge in [-0.1, -0.05) is 5.16 Å². The summed E-state index contributed by atoms with van der Waals surface area (Å²) in [5.41, 5.74) is 3.50. The standard InChI is InChI=1S/C31H40N8O10S2/c1-29(2)23(26(41)39(29)49-51(44,45)46)37-25(40)22(19-15-50-28(33)36-19)38-48-30(3,27(42)43)21-7-5-16-12-17(4-6-20(16)47-21)24(32)35-18-13-31(14-18)8-10-34-11-9-31/h4,6,12,15,18,21,23,34H,5,7-11,13-14H2,1-3H3,(H2,32,35)(H2,33,36)(H,37,40)(H,42,43)(H,44,45,46)/b38-22-/t21-,23-,30+/m1/s1. The topological polar surface area (TPSA) is 268 Å². The number of carbonyl (C=O) groups is 3. The van der Waals surface area contributed by atoms with E-state index in [0.29, 0.717) is 34.0 Å². The van der Waals surface area contributed by atoms with E-state index in [1.807, 2.05) is 6.07 Å². The van der Waals surface area contributed by atoms with Crippen LogP contribution in [0.3, 0.4) is 0 Å². The lowest BCUT2D eigenvalue weighted by Crippen LogP contribution is -2.76. The van der Waals surface area contributed by atoms with Gasteiger partial charge in [0.1, 0.15) is 23.3 Å². The molecule has 2 aromatic rings. The highest BCUT2D eigenvalue weighted by Gasteiger charge is 2.58. The molecule has 3 fully saturated rings. The number of hydrogen-bond donors (Lipinski definition) is 7. The van der Waals surface area contributed by atoms with E-state index in [2.05, 4.69) is 30.4 Å². The molecular formula is C31H40N8O10S2. The van der Waals surface area contributed by atoms with Gasteiger partial charge in [-0.15, -0.1) is 15.6 Å². The number of ether oxygens (including phenoxy) is 1. The van der Waals surface area contributed by atoms with Crippen LogP contribution in [0.1, 0.15) is 69.7 Å². The number of nitrogens with two attached hydrogens (primary N) is 1. The largest absolute Gasteiger partial charge is 0.485 e. The number of nitrogen functional groups attached to an aromatic ring is 1. The van der Waals surface area contributed by atoms with Gasteiger partial charge in [0.2, 0.25) is 0 Å². The van der Waals surface area contributed by atoms with Crippen LogP contribution in [-0.4, -0.2) is 99.9 Å². The number of piperidine rings is 1. The number of thiazole rings is 1. The van der Waals surface area contributed by atoms with E-state index in [1.54, 1.807) is 12.1 Å². The maximum absolute atomic E-state index is 13.5. The molecule has 1 aromatic carbocycles. The second-order valence-corrected chi connectivity index (χ2v) is 15.9. The molecule has 3 aliphatic heterocycles. The van der Waals surface area contributed by atoms with E-state index < -0.39 is 57.2 Å². The van der Waals surface area contributed by atoms with Crippen LogP contribution in [0, 0.1) is 10.8 Å². The van der Waals surface area contributed by atoms with Gasteiger partial charge in [-0.05, 0) is 102 Å². The minimum absolute atomic E-state index is 0.0625. The third-order valence-corrected chi connectivity index (χ3v) is 11.1. The number of nitrogens with zero attached hydrogens (tertiary/aromatic N) is 3. The molecular weight excluding hydrogens is 709 g/mol. The van der Waals surface area contributed by atoms with Crippen LogP contribution in [0.15, 0.2) is 28.7 Å². The van der Waals surface area contributed by atoms with Crippen molar-refractivity contribution >= 4 is 56.2 Å². The van der Waals surface area contributed by atoms with Gasteiger partial charge in [0, 0.05) is 17.0 Å². The zero-order valence-electron chi connectivity index (χ0n) is 28.1. The first-order valence-corrected chi connectivity index (χ1v) is 18.5. The van der Waals surface area contributed by atoms with Crippen molar-refractivity contribution in [1.29, 1.82) is 5.41 Å². The summed E-state index contributed by atoms with van der Waals surface area (Å²) in [6.45, 7) is 6.07. The fourth-order valence-corrected chi connectivity index (χ4v) is 8.07. The molecule has 8 N–H and O–H groups in total. The Bertz CT molecular complexity index is 1890. The lowest BCUT2D eigenvalue weighted by molar-refractivity contribution is -0.218. The van der Waals surface area contributed by atoms with Crippen molar-refractivity contribution in [2.75, 3.05) is 18.8 Å². The predicted octanol–water partition coefficient (Wildman–Crippen LogP) is 0.970. The van der Waals surface area contributed by atoms with Gasteiger partial charge in [0.25, 0.3) is 17.4 Å². The number of hydroxylamine groups is 2. The Morgan fingerprint density at radius 1 is 1.25 bits per heavy atom. The van der Waals surface area contributed by atoms with Crippen LogP contribution in [-0.2, 0) is 40.3 Å². The quantitative estimate of drug-likeness (QED) is 0.0555. The number of carboxylic acids is 1. The van der Waals surface area contributed by atoms with Gasteiger partial charge in [-0.3, -0.25) is 19.6 Å². The number of amides is 2.